The van der Waals surface area contributed by atoms with Gasteiger partial charge in [-0.2, -0.15) is 0 Å². The van der Waals surface area contributed by atoms with Gasteiger partial charge in [0.15, 0.2) is 0 Å². The van der Waals surface area contributed by atoms with E-state index in [0.29, 0.717) is 0 Å². The van der Waals surface area contributed by atoms with Crippen LogP contribution in [0.2, 0.25) is 0 Å². The largest absolute Gasteiger partial charge is 0.481 e. The van der Waals surface area contributed by atoms with E-state index in [4.69, 9.17) is 10.8 Å². The number of benzene rings is 1. The summed E-state index contributed by atoms with van der Waals surface area (Å²) in [6.45, 7) is 7.43. The Hall–Kier alpha value is -2.39. The van der Waals surface area contributed by atoms with Crippen LogP contribution in [0.1, 0.15) is 17.9 Å². The van der Waals surface area contributed by atoms with Crippen molar-refractivity contribution in [3.63, 3.8) is 0 Å². The van der Waals surface area contributed by atoms with Crippen LogP contribution in [0.25, 0.3) is 0 Å². The number of carboxylic acids is 1. The fourth-order valence-electron chi connectivity index (χ4n) is 2.21. The molecule has 0 saturated carbocycles. The van der Waals surface area contributed by atoms with Crippen molar-refractivity contribution in [2.75, 3.05) is 0 Å². The molecular formula is C18H21NO2. The van der Waals surface area contributed by atoms with Gasteiger partial charge in [-0.3, -0.25) is 4.79 Å². The molecule has 2 atom stereocenters. The highest BCUT2D eigenvalue weighted by atomic mass is 16.4. The Bertz CT molecular complexity index is 544. The van der Waals surface area contributed by atoms with Crippen LogP contribution in [-0.2, 0) is 4.79 Å². The van der Waals surface area contributed by atoms with Gasteiger partial charge in [-0.25, -0.2) is 0 Å². The molecule has 3 heteroatoms. The smallest absolute Gasteiger partial charge is 0.304 e. The Labute approximate surface area is 125 Å². The molecule has 0 amide bonds. The van der Waals surface area contributed by atoms with Crippen molar-refractivity contribution in [2.24, 2.45) is 5.73 Å². The van der Waals surface area contributed by atoms with E-state index in [9.17, 15) is 4.79 Å². The highest BCUT2D eigenvalue weighted by Gasteiger charge is 2.24. The third kappa shape index (κ3) is 5.24. The molecule has 0 aliphatic heterocycles. The van der Waals surface area contributed by atoms with Gasteiger partial charge < -0.3 is 10.8 Å². The molecule has 3 N–H and O–H groups in total. The fraction of sp³-hybridized carbons (Fsp3) is 0.167. The normalized spacial score (nSPS) is 14.6. The lowest BCUT2D eigenvalue weighted by atomic mass is 9.83. The Balaban J connectivity index is 3.19. The summed E-state index contributed by atoms with van der Waals surface area (Å²) in [5, 5.41) is 9.00. The zero-order valence-corrected chi connectivity index (χ0v) is 12.0. The zero-order chi connectivity index (χ0) is 15.7. The van der Waals surface area contributed by atoms with Crippen molar-refractivity contribution in [1.29, 1.82) is 0 Å². The standard InChI is InChI=1S/C18H21NO2/c1-3-5-7-10-14(4-2)18(16(19)13-17(20)21)15-11-8-6-9-12-15/h3-12,16,18H,1-2,13,19H2,(H,20,21)/b7-5-,14-10+/t16?,18-/m0/s1. The number of rotatable bonds is 8. The van der Waals surface area contributed by atoms with Gasteiger partial charge in [0.25, 0.3) is 0 Å². The minimum absolute atomic E-state index is 0.101. The van der Waals surface area contributed by atoms with Gasteiger partial charge in [-0.05, 0) is 11.1 Å². The first kappa shape index (κ1) is 16.7. The number of hydrogen-bond donors (Lipinski definition) is 2. The Morgan fingerprint density at radius 3 is 2.43 bits per heavy atom. The highest BCUT2D eigenvalue weighted by Crippen LogP contribution is 2.29. The molecule has 0 fully saturated rings. The summed E-state index contributed by atoms with van der Waals surface area (Å²) in [6.07, 6.45) is 8.81. The van der Waals surface area contributed by atoms with E-state index in [2.05, 4.69) is 13.2 Å². The van der Waals surface area contributed by atoms with Crippen LogP contribution in [0.15, 0.2) is 79.4 Å². The van der Waals surface area contributed by atoms with Gasteiger partial charge in [0, 0.05) is 12.0 Å². The molecule has 0 bridgehead atoms. The fourth-order valence-corrected chi connectivity index (χ4v) is 2.21. The first-order chi connectivity index (χ1) is 10.1. The van der Waals surface area contributed by atoms with Crippen molar-refractivity contribution in [3.05, 3.63) is 85.0 Å². The minimum atomic E-state index is -0.909. The molecule has 0 radical (unpaired) electrons. The van der Waals surface area contributed by atoms with Crippen LogP contribution in [0.3, 0.4) is 0 Å². The van der Waals surface area contributed by atoms with Gasteiger partial charge in [-0.15, -0.1) is 0 Å². The van der Waals surface area contributed by atoms with E-state index in [-0.39, 0.29) is 12.3 Å². The summed E-state index contributed by atoms with van der Waals surface area (Å²) in [5.41, 5.74) is 7.98. The maximum absolute atomic E-state index is 11.0. The van der Waals surface area contributed by atoms with Crippen molar-refractivity contribution in [3.8, 4) is 0 Å². The van der Waals surface area contributed by atoms with Gasteiger partial charge in [0.2, 0.25) is 0 Å². The van der Waals surface area contributed by atoms with Crippen LogP contribution in [0.5, 0.6) is 0 Å². The third-order valence-electron chi connectivity index (χ3n) is 3.13. The van der Waals surface area contributed by atoms with Crippen molar-refractivity contribution >= 4 is 5.97 Å². The Morgan fingerprint density at radius 2 is 1.90 bits per heavy atom. The number of allylic oxidation sites excluding steroid dienone is 5. The Kier molecular flexibility index (Phi) is 6.92. The molecule has 110 valence electrons. The zero-order valence-electron chi connectivity index (χ0n) is 12.0. The quantitative estimate of drug-likeness (QED) is 0.718. The average Bonchev–Trinajstić information content (AvgIpc) is 2.46. The van der Waals surface area contributed by atoms with E-state index >= 15 is 0 Å². The topological polar surface area (TPSA) is 63.3 Å². The second kappa shape index (κ2) is 8.72. The number of hydrogen-bond acceptors (Lipinski definition) is 2. The second-order valence-electron chi connectivity index (χ2n) is 4.64. The maximum atomic E-state index is 11.0. The minimum Gasteiger partial charge on any atom is -0.481 e. The molecule has 0 aromatic heterocycles. The number of carboxylic acid groups (broad SMARTS) is 1. The van der Waals surface area contributed by atoms with E-state index < -0.39 is 12.0 Å². The molecule has 0 aliphatic carbocycles. The SMILES string of the molecule is C=C/C=C\C=C(/C=C)[C@@H](c1ccccc1)C(N)CC(=O)O. The molecule has 1 aromatic carbocycles. The van der Waals surface area contributed by atoms with Crippen LogP contribution >= 0.6 is 0 Å². The molecular weight excluding hydrogens is 262 g/mol. The molecule has 0 saturated heterocycles. The number of aliphatic carboxylic acids is 1. The maximum Gasteiger partial charge on any atom is 0.304 e. The lowest BCUT2D eigenvalue weighted by Crippen LogP contribution is -2.32. The Morgan fingerprint density at radius 1 is 1.24 bits per heavy atom. The van der Waals surface area contributed by atoms with Crippen molar-refractivity contribution < 1.29 is 9.90 Å². The molecule has 1 unspecified atom stereocenters. The molecule has 1 rings (SSSR count). The molecule has 3 nitrogen and oxygen atoms in total. The summed E-state index contributed by atoms with van der Waals surface area (Å²) in [6, 6.07) is 9.11. The predicted octanol–water partition coefficient (Wildman–Crippen LogP) is 3.43. The van der Waals surface area contributed by atoms with E-state index in [1.807, 2.05) is 42.5 Å². The molecule has 21 heavy (non-hydrogen) atoms. The van der Waals surface area contributed by atoms with Crippen molar-refractivity contribution in [1.82, 2.24) is 0 Å². The average molecular weight is 283 g/mol. The molecule has 1 aromatic rings. The summed E-state index contributed by atoms with van der Waals surface area (Å²) in [7, 11) is 0. The van der Waals surface area contributed by atoms with Crippen LogP contribution in [-0.4, -0.2) is 17.1 Å². The van der Waals surface area contributed by atoms with Gasteiger partial charge in [0.05, 0.1) is 6.42 Å². The molecule has 0 spiro atoms. The predicted molar refractivity (Wildman–Crippen MR) is 87.0 cm³/mol. The molecule has 0 aliphatic rings. The first-order valence-electron chi connectivity index (χ1n) is 6.74. The number of carbonyl (C=O) groups is 1. The lowest BCUT2D eigenvalue weighted by molar-refractivity contribution is -0.137. The van der Waals surface area contributed by atoms with Crippen LogP contribution in [0.4, 0.5) is 0 Å². The molecule has 0 heterocycles. The first-order valence-corrected chi connectivity index (χ1v) is 6.74. The van der Waals surface area contributed by atoms with Crippen LogP contribution < -0.4 is 5.73 Å². The van der Waals surface area contributed by atoms with E-state index in [0.717, 1.165) is 11.1 Å². The van der Waals surface area contributed by atoms with E-state index in [1.54, 1.807) is 18.2 Å². The van der Waals surface area contributed by atoms with Gasteiger partial charge in [-0.1, -0.05) is 73.9 Å². The van der Waals surface area contributed by atoms with Gasteiger partial charge >= 0.3 is 5.97 Å². The lowest BCUT2D eigenvalue weighted by Gasteiger charge is -2.24. The highest BCUT2D eigenvalue weighted by molar-refractivity contribution is 5.68. The van der Waals surface area contributed by atoms with E-state index in [1.165, 1.54) is 0 Å². The monoisotopic (exact) mass is 283 g/mol. The van der Waals surface area contributed by atoms with Crippen LogP contribution in [0, 0.1) is 0 Å². The third-order valence-corrected chi connectivity index (χ3v) is 3.13. The number of nitrogens with two attached hydrogens (primary N) is 1. The summed E-state index contributed by atoms with van der Waals surface area (Å²) in [4.78, 5) is 11.0. The van der Waals surface area contributed by atoms with Crippen molar-refractivity contribution in [2.45, 2.75) is 18.4 Å². The second-order valence-corrected chi connectivity index (χ2v) is 4.64. The summed E-state index contributed by atoms with van der Waals surface area (Å²) < 4.78 is 0. The summed E-state index contributed by atoms with van der Waals surface area (Å²) in [5.74, 6) is -1.12. The summed E-state index contributed by atoms with van der Waals surface area (Å²) >= 11 is 0. The van der Waals surface area contributed by atoms with Gasteiger partial charge in [0.1, 0.15) is 0 Å².